The van der Waals surface area contributed by atoms with Gasteiger partial charge in [-0.3, -0.25) is 9.97 Å². The zero-order chi connectivity index (χ0) is 25.5. The van der Waals surface area contributed by atoms with Crippen molar-refractivity contribution in [3.05, 3.63) is 103 Å². The van der Waals surface area contributed by atoms with E-state index in [0.29, 0.717) is 12.4 Å². The number of methoxy groups -OCH3 is 1. The molecule has 0 saturated heterocycles. The van der Waals surface area contributed by atoms with E-state index in [9.17, 15) is 5.11 Å². The number of ether oxygens (including phenoxy) is 2. The maximum atomic E-state index is 11.3. The number of aliphatic hydroxyl groups excluding tert-OH is 1. The van der Waals surface area contributed by atoms with Crippen LogP contribution in [-0.4, -0.2) is 28.1 Å². The zero-order valence-electron chi connectivity index (χ0n) is 21.1. The first-order chi connectivity index (χ1) is 17.4. The summed E-state index contributed by atoms with van der Waals surface area (Å²) < 4.78 is 11.1. The molecule has 2 aromatic carbocycles. The number of nitrogens with one attached hydrogen (secondary N) is 1. The topological polar surface area (TPSA) is 78.4 Å². The molecule has 184 valence electrons. The Bertz CT molecular complexity index is 1300. The van der Waals surface area contributed by atoms with E-state index in [1.807, 2.05) is 73.8 Å². The second-order valence-electron chi connectivity index (χ2n) is 9.16. The lowest BCUT2D eigenvalue weighted by molar-refractivity contribution is -0.371. The van der Waals surface area contributed by atoms with Crippen LogP contribution >= 0.6 is 0 Å². The summed E-state index contributed by atoms with van der Waals surface area (Å²) in [5, 5.41) is 11.3. The molecule has 1 unspecified atom stereocenters. The fourth-order valence-electron chi connectivity index (χ4n) is 3.98. The first kappa shape index (κ1) is 24.9. The minimum Gasteiger partial charge on any atom is -0.495 e. The highest BCUT2D eigenvalue weighted by Gasteiger charge is 2.41. The van der Waals surface area contributed by atoms with Crippen LogP contribution in [0.1, 0.15) is 32.0 Å². The summed E-state index contributed by atoms with van der Waals surface area (Å²) in [5.74, 6) is 1.78. The van der Waals surface area contributed by atoms with E-state index >= 15 is 0 Å². The van der Waals surface area contributed by atoms with Crippen molar-refractivity contribution in [2.24, 2.45) is 5.92 Å². The van der Waals surface area contributed by atoms with Gasteiger partial charge < -0.3 is 14.6 Å². The van der Waals surface area contributed by atoms with Crippen molar-refractivity contribution in [3.63, 3.8) is 0 Å². The molecule has 0 radical (unpaired) electrons. The predicted octanol–water partition coefficient (Wildman–Crippen LogP) is 5.01. The van der Waals surface area contributed by atoms with E-state index in [0.717, 1.165) is 33.8 Å². The van der Waals surface area contributed by atoms with Gasteiger partial charge in [-0.25, -0.2) is 0 Å². The highest BCUT2D eigenvalue weighted by molar-refractivity contribution is 5.82. The zero-order valence-corrected chi connectivity index (χ0v) is 21.1. The Morgan fingerprint density at radius 3 is 2.33 bits per heavy atom. The predicted molar refractivity (Wildman–Crippen MR) is 142 cm³/mol. The Morgan fingerprint density at radius 1 is 0.944 bits per heavy atom. The fourth-order valence-corrected chi connectivity index (χ4v) is 3.98. The molecule has 4 aromatic rings. The normalized spacial score (nSPS) is 13.3. The lowest BCUT2D eigenvalue weighted by atomic mass is 9.73. The molecular formula is C30H32N3O3+. The molecule has 0 saturated carbocycles. The molecule has 0 fully saturated rings. The van der Waals surface area contributed by atoms with Gasteiger partial charge in [0.1, 0.15) is 23.5 Å². The van der Waals surface area contributed by atoms with E-state index in [1.54, 1.807) is 19.5 Å². The van der Waals surface area contributed by atoms with E-state index in [4.69, 9.17) is 9.47 Å². The smallest absolute Gasteiger partial charge is 0.348 e. The van der Waals surface area contributed by atoms with Gasteiger partial charge >= 0.3 is 5.90 Å². The van der Waals surface area contributed by atoms with Crippen LogP contribution in [0.15, 0.2) is 91.4 Å². The summed E-state index contributed by atoms with van der Waals surface area (Å²) in [5.41, 5.74) is 4.06. The Hall–Kier alpha value is -4.19. The highest BCUT2D eigenvalue weighted by Crippen LogP contribution is 2.33. The van der Waals surface area contributed by atoms with Crippen LogP contribution in [0.4, 0.5) is 5.69 Å². The number of pyridine rings is 2. The molecule has 0 aliphatic rings. The van der Waals surface area contributed by atoms with Gasteiger partial charge in [-0.1, -0.05) is 44.2 Å². The third-order valence-corrected chi connectivity index (χ3v) is 6.64. The summed E-state index contributed by atoms with van der Waals surface area (Å²) in [7, 11) is 1.63. The second kappa shape index (κ2) is 11.0. The van der Waals surface area contributed by atoms with Gasteiger partial charge in [0, 0.05) is 30.1 Å². The molecule has 4 rings (SSSR count). The molecular weight excluding hydrogens is 450 g/mol. The van der Waals surface area contributed by atoms with E-state index in [2.05, 4.69) is 40.9 Å². The molecule has 36 heavy (non-hydrogen) atoms. The average Bonchev–Trinajstić information content (AvgIpc) is 2.92. The van der Waals surface area contributed by atoms with Crippen molar-refractivity contribution in [2.45, 2.75) is 32.8 Å². The van der Waals surface area contributed by atoms with E-state index in [-0.39, 0.29) is 11.8 Å². The summed E-state index contributed by atoms with van der Waals surface area (Å²) in [4.78, 5) is 11.7. The fraction of sp³-hybridized carbons (Fsp3) is 0.233. The van der Waals surface area contributed by atoms with Crippen molar-refractivity contribution in [1.82, 2.24) is 9.97 Å². The molecule has 2 aromatic heterocycles. The maximum Gasteiger partial charge on any atom is 0.348 e. The molecule has 0 aliphatic carbocycles. The van der Waals surface area contributed by atoms with Crippen LogP contribution in [-0.2, 0) is 12.0 Å². The highest BCUT2D eigenvalue weighted by atomic mass is 16.5. The van der Waals surface area contributed by atoms with Crippen LogP contribution in [0.5, 0.6) is 11.5 Å². The lowest BCUT2D eigenvalue weighted by Crippen LogP contribution is -2.71. The van der Waals surface area contributed by atoms with Gasteiger partial charge in [0.2, 0.25) is 5.69 Å². The number of rotatable bonds is 9. The van der Waals surface area contributed by atoms with Crippen LogP contribution in [0.3, 0.4) is 0 Å². The standard InChI is InChI=1S/C30H31N3O3/c1-21(2)30(3,24-10-8-22(9-11-24)23-17-28(35-4)19-31-18-23)29(34)33-25-12-14-27(15-13-25)36-20-26-7-5-6-16-32-26/h5-19,21H,20H2,1-4H3,(H,33,34)/p+1. The molecule has 0 amide bonds. The average molecular weight is 483 g/mol. The monoisotopic (exact) mass is 482 g/mol. The SMILES string of the molecule is COc1cncc(-c2ccc(C(C)(C(O)=[NH+]c3ccc(OCc4ccccn4)cc3)C(C)C)cc2)c1. The van der Waals surface area contributed by atoms with Crippen molar-refractivity contribution in [1.29, 1.82) is 0 Å². The summed E-state index contributed by atoms with van der Waals surface area (Å²) in [6, 6.07) is 23.5. The minimum absolute atomic E-state index is 0.135. The van der Waals surface area contributed by atoms with E-state index in [1.165, 1.54) is 0 Å². The number of aromatic nitrogens is 2. The molecule has 2 heterocycles. The minimum atomic E-state index is -0.612. The number of aliphatic hydroxyl groups is 1. The van der Waals surface area contributed by atoms with Crippen LogP contribution in [0.2, 0.25) is 0 Å². The molecule has 2 N–H and O–H groups in total. The molecule has 0 aliphatic heterocycles. The molecule has 0 spiro atoms. The van der Waals surface area contributed by atoms with Gasteiger partial charge in [0.25, 0.3) is 0 Å². The number of nitrogens with zero attached hydrogens (tertiary/aromatic N) is 2. The van der Waals surface area contributed by atoms with E-state index < -0.39 is 5.41 Å². The molecule has 1 atom stereocenters. The maximum absolute atomic E-state index is 11.3. The number of benzene rings is 2. The van der Waals surface area contributed by atoms with Crippen molar-refractivity contribution in [2.75, 3.05) is 7.11 Å². The Labute approximate surface area is 212 Å². The number of hydrogen-bond donors (Lipinski definition) is 2. The third kappa shape index (κ3) is 5.54. The van der Waals surface area contributed by atoms with Gasteiger partial charge in [0.15, 0.2) is 0 Å². The van der Waals surface area contributed by atoms with Gasteiger partial charge in [-0.2, -0.15) is 4.99 Å². The molecule has 0 bridgehead atoms. The van der Waals surface area contributed by atoms with Crippen LogP contribution in [0, 0.1) is 5.92 Å². The summed E-state index contributed by atoms with van der Waals surface area (Å²) in [6.45, 7) is 6.66. The van der Waals surface area contributed by atoms with Crippen LogP contribution in [0.25, 0.3) is 11.1 Å². The van der Waals surface area contributed by atoms with Gasteiger partial charge in [-0.05, 0) is 54.3 Å². The second-order valence-corrected chi connectivity index (χ2v) is 9.16. The first-order valence-electron chi connectivity index (χ1n) is 12.0. The number of hydrogen-bond acceptors (Lipinski definition) is 4. The first-order valence-corrected chi connectivity index (χ1v) is 12.0. The van der Waals surface area contributed by atoms with Crippen molar-refractivity contribution < 1.29 is 19.6 Å². The van der Waals surface area contributed by atoms with Gasteiger partial charge in [-0.15, -0.1) is 0 Å². The third-order valence-electron chi connectivity index (χ3n) is 6.64. The Balaban J connectivity index is 1.53. The molecule has 6 nitrogen and oxygen atoms in total. The van der Waals surface area contributed by atoms with Crippen molar-refractivity contribution >= 4 is 11.6 Å². The van der Waals surface area contributed by atoms with Crippen molar-refractivity contribution in [3.8, 4) is 22.6 Å². The Morgan fingerprint density at radius 2 is 1.69 bits per heavy atom. The summed E-state index contributed by atoms with van der Waals surface area (Å²) in [6.07, 6.45) is 5.25. The Kier molecular flexibility index (Phi) is 7.64. The van der Waals surface area contributed by atoms with Crippen LogP contribution < -0.4 is 14.5 Å². The quantitative estimate of drug-likeness (QED) is 0.259. The largest absolute Gasteiger partial charge is 0.495 e. The molecule has 6 heteroatoms. The lowest BCUT2D eigenvalue weighted by Gasteiger charge is -2.29. The van der Waals surface area contributed by atoms with Gasteiger partial charge in [0.05, 0.1) is 19.0 Å². The summed E-state index contributed by atoms with van der Waals surface area (Å²) >= 11 is 0.